The lowest BCUT2D eigenvalue weighted by atomic mass is 9.56. The summed E-state index contributed by atoms with van der Waals surface area (Å²) in [6, 6.07) is 10.9. The zero-order valence-electron chi connectivity index (χ0n) is 27.8. The van der Waals surface area contributed by atoms with Crippen LogP contribution in [0.2, 0.25) is 0 Å². The monoisotopic (exact) mass is 603 g/mol. The zero-order chi connectivity index (χ0) is 30.5. The topological polar surface area (TPSA) is 51.2 Å². The van der Waals surface area contributed by atoms with E-state index in [1.54, 1.807) is 16.7 Å². The van der Waals surface area contributed by atoms with Gasteiger partial charge in [-0.2, -0.15) is 0 Å². The summed E-state index contributed by atoms with van der Waals surface area (Å²) >= 11 is 0. The molecule has 10 atom stereocenters. The number of rotatable bonds is 8. The zero-order valence-corrected chi connectivity index (χ0v) is 27.8. The highest BCUT2D eigenvalue weighted by Gasteiger charge is 2.59. The first-order chi connectivity index (χ1) is 21.3. The SMILES string of the molecule is CC1=C2CC3C(CC=C4CC(O)CCC43C)C2CCC2(C1)OC1CC(C)CN(CCOCCOCc3ccccc3)C1C2C. The maximum atomic E-state index is 10.4. The van der Waals surface area contributed by atoms with Crippen molar-refractivity contribution in [3.05, 3.63) is 58.7 Å². The molecule has 5 nitrogen and oxygen atoms in total. The summed E-state index contributed by atoms with van der Waals surface area (Å²) < 4.78 is 19.2. The number of benzene rings is 1. The molecule has 2 heterocycles. The van der Waals surface area contributed by atoms with Crippen molar-refractivity contribution in [2.24, 2.45) is 35.0 Å². The second-order valence-electron chi connectivity index (χ2n) is 15.9. The van der Waals surface area contributed by atoms with Gasteiger partial charge in [0, 0.05) is 25.0 Å². The lowest BCUT2D eigenvalue weighted by molar-refractivity contribution is -0.0806. The van der Waals surface area contributed by atoms with Crippen molar-refractivity contribution in [3.8, 4) is 0 Å². The Morgan fingerprint density at radius 2 is 1.84 bits per heavy atom. The molecule has 6 aliphatic rings. The van der Waals surface area contributed by atoms with Gasteiger partial charge >= 0.3 is 0 Å². The number of likely N-dealkylation sites (tertiary alicyclic amines) is 1. The molecule has 7 rings (SSSR count). The Hall–Kier alpha value is -1.50. The molecular formula is C39H57NO4. The first kappa shape index (κ1) is 31.1. The Labute approximate surface area is 266 Å². The van der Waals surface area contributed by atoms with E-state index in [0.717, 1.165) is 57.2 Å². The summed E-state index contributed by atoms with van der Waals surface area (Å²) in [5.74, 6) is 3.41. The second kappa shape index (κ2) is 12.6. The Bertz CT molecular complexity index is 1230. The summed E-state index contributed by atoms with van der Waals surface area (Å²) in [6.07, 6.45) is 13.0. The fourth-order valence-corrected chi connectivity index (χ4v) is 11.0. The molecule has 2 aliphatic heterocycles. The van der Waals surface area contributed by atoms with Crippen molar-refractivity contribution in [3.63, 3.8) is 0 Å². The van der Waals surface area contributed by atoms with Crippen LogP contribution in [0, 0.1) is 35.0 Å². The molecule has 0 aromatic heterocycles. The molecule has 1 aromatic carbocycles. The molecule has 0 amide bonds. The summed E-state index contributed by atoms with van der Waals surface area (Å²) in [4.78, 5) is 2.72. The van der Waals surface area contributed by atoms with Gasteiger partial charge in [-0.3, -0.25) is 4.90 Å². The van der Waals surface area contributed by atoms with Crippen molar-refractivity contribution >= 4 is 0 Å². The third-order valence-corrected chi connectivity index (χ3v) is 13.3. The lowest BCUT2D eigenvalue weighted by Crippen LogP contribution is -2.52. The maximum absolute atomic E-state index is 10.4. The first-order valence-electron chi connectivity index (χ1n) is 17.9. The number of fused-ring (bicyclic) bond motifs is 6. The van der Waals surface area contributed by atoms with Crippen LogP contribution in [0.3, 0.4) is 0 Å². The highest BCUT2D eigenvalue weighted by Crippen LogP contribution is 2.63. The summed E-state index contributed by atoms with van der Waals surface area (Å²) in [6.45, 7) is 14.7. The van der Waals surface area contributed by atoms with E-state index in [9.17, 15) is 5.11 Å². The number of aliphatic hydroxyl groups is 1. The van der Waals surface area contributed by atoms with E-state index in [1.807, 2.05) is 6.07 Å². The standard InChI is InChI=1S/C39H57NO4/c1-26-20-36-37(40(24-26)16-17-42-18-19-43-25-29-8-6-5-7-9-29)28(3)39(44-36)15-13-32-33-11-10-30-21-31(41)12-14-38(30,4)35(33)22-34(32)27(2)23-39/h5-10,26,28,31-33,35-37,41H,11-25H2,1-4H3. The highest BCUT2D eigenvalue weighted by molar-refractivity contribution is 5.34. The van der Waals surface area contributed by atoms with Crippen LogP contribution in [-0.2, 0) is 20.8 Å². The van der Waals surface area contributed by atoms with Gasteiger partial charge in [0.1, 0.15) is 0 Å². The number of hydrogen-bond acceptors (Lipinski definition) is 5. The average Bonchev–Trinajstić information content (AvgIpc) is 3.47. The van der Waals surface area contributed by atoms with Crippen LogP contribution >= 0.6 is 0 Å². The first-order valence-corrected chi connectivity index (χ1v) is 17.9. The third kappa shape index (κ3) is 5.68. The molecule has 1 spiro atoms. The van der Waals surface area contributed by atoms with Gasteiger partial charge in [-0.1, -0.05) is 73.9 Å². The number of ether oxygens (including phenoxy) is 3. The van der Waals surface area contributed by atoms with Crippen molar-refractivity contribution < 1.29 is 19.3 Å². The fourth-order valence-electron chi connectivity index (χ4n) is 11.0. The molecule has 0 bridgehead atoms. The van der Waals surface area contributed by atoms with Crippen molar-refractivity contribution in [2.75, 3.05) is 32.9 Å². The maximum Gasteiger partial charge on any atom is 0.0765 e. The minimum Gasteiger partial charge on any atom is -0.393 e. The van der Waals surface area contributed by atoms with Crippen LogP contribution in [0.15, 0.2) is 53.1 Å². The molecule has 2 saturated carbocycles. The summed E-state index contributed by atoms with van der Waals surface area (Å²) in [7, 11) is 0. The van der Waals surface area contributed by atoms with Crippen LogP contribution in [-0.4, -0.2) is 66.8 Å². The van der Waals surface area contributed by atoms with Gasteiger partial charge in [-0.25, -0.2) is 0 Å². The van der Waals surface area contributed by atoms with Gasteiger partial charge < -0.3 is 19.3 Å². The van der Waals surface area contributed by atoms with E-state index in [0.29, 0.717) is 49.7 Å². The summed E-state index contributed by atoms with van der Waals surface area (Å²) in [5.41, 5.74) is 6.47. The molecule has 4 aliphatic carbocycles. The van der Waals surface area contributed by atoms with E-state index < -0.39 is 0 Å². The molecular weight excluding hydrogens is 546 g/mol. The van der Waals surface area contributed by atoms with E-state index in [2.05, 4.69) is 62.9 Å². The van der Waals surface area contributed by atoms with Gasteiger partial charge in [0.2, 0.25) is 0 Å². The van der Waals surface area contributed by atoms with Crippen molar-refractivity contribution in [2.45, 2.75) is 116 Å². The predicted octanol–water partition coefficient (Wildman–Crippen LogP) is 7.34. The van der Waals surface area contributed by atoms with E-state index in [-0.39, 0.29) is 17.1 Å². The van der Waals surface area contributed by atoms with Crippen LogP contribution < -0.4 is 0 Å². The fraction of sp³-hybridized carbons (Fsp3) is 0.744. The number of piperidine rings is 1. The lowest BCUT2D eigenvalue weighted by Gasteiger charge is -2.49. The molecule has 44 heavy (non-hydrogen) atoms. The molecule has 5 heteroatoms. The van der Waals surface area contributed by atoms with Gasteiger partial charge in [-0.05, 0) is 99.4 Å². The smallest absolute Gasteiger partial charge is 0.0765 e. The molecule has 242 valence electrons. The number of aliphatic hydroxyl groups excluding tert-OH is 1. The quantitative estimate of drug-likeness (QED) is 0.249. The Kier molecular flexibility index (Phi) is 8.91. The molecule has 1 aromatic rings. The normalized spacial score (nSPS) is 42.0. The predicted molar refractivity (Wildman–Crippen MR) is 175 cm³/mol. The third-order valence-electron chi connectivity index (χ3n) is 13.3. The van der Waals surface area contributed by atoms with E-state index in [4.69, 9.17) is 14.2 Å². The number of allylic oxidation sites excluding steroid dienone is 2. The van der Waals surface area contributed by atoms with Crippen LogP contribution in [0.1, 0.15) is 91.0 Å². The van der Waals surface area contributed by atoms with E-state index in [1.165, 1.54) is 37.7 Å². The van der Waals surface area contributed by atoms with Crippen LogP contribution in [0.5, 0.6) is 0 Å². The van der Waals surface area contributed by atoms with Gasteiger partial charge in [0.25, 0.3) is 0 Å². The molecule has 2 saturated heterocycles. The van der Waals surface area contributed by atoms with Crippen LogP contribution in [0.25, 0.3) is 0 Å². The molecule has 4 fully saturated rings. The molecule has 10 unspecified atom stereocenters. The van der Waals surface area contributed by atoms with E-state index >= 15 is 0 Å². The largest absolute Gasteiger partial charge is 0.393 e. The minimum atomic E-state index is -0.129. The Morgan fingerprint density at radius 3 is 2.68 bits per heavy atom. The van der Waals surface area contributed by atoms with Crippen LogP contribution in [0.4, 0.5) is 0 Å². The molecule has 0 radical (unpaired) electrons. The van der Waals surface area contributed by atoms with Gasteiger partial charge in [0.15, 0.2) is 0 Å². The second-order valence-corrected chi connectivity index (χ2v) is 15.9. The highest BCUT2D eigenvalue weighted by atomic mass is 16.5. The molecule has 1 N–H and O–H groups in total. The number of hydrogen-bond donors (Lipinski definition) is 1. The average molecular weight is 604 g/mol. The van der Waals surface area contributed by atoms with Crippen molar-refractivity contribution in [1.82, 2.24) is 4.90 Å². The van der Waals surface area contributed by atoms with Gasteiger partial charge in [0.05, 0.1) is 44.2 Å². The minimum absolute atomic E-state index is 0.0325. The number of nitrogens with zero attached hydrogens (tertiary/aromatic N) is 1. The van der Waals surface area contributed by atoms with Crippen molar-refractivity contribution in [1.29, 1.82) is 0 Å². The Balaban J connectivity index is 0.981. The van der Waals surface area contributed by atoms with Gasteiger partial charge in [-0.15, -0.1) is 0 Å². The Morgan fingerprint density at radius 1 is 1.02 bits per heavy atom. The summed E-state index contributed by atoms with van der Waals surface area (Å²) in [5, 5.41) is 10.4.